The molecule has 0 radical (unpaired) electrons. The first kappa shape index (κ1) is 21.1. The van der Waals surface area contributed by atoms with Crippen molar-refractivity contribution in [1.82, 2.24) is 0 Å². The first-order chi connectivity index (χ1) is 14.7. The molecule has 1 aliphatic heterocycles. The lowest BCUT2D eigenvalue weighted by molar-refractivity contribution is 0.0981. The van der Waals surface area contributed by atoms with Crippen molar-refractivity contribution in [3.05, 3.63) is 95.3 Å². The van der Waals surface area contributed by atoms with Crippen LogP contribution >= 0.6 is 0 Å². The van der Waals surface area contributed by atoms with Crippen LogP contribution in [0.4, 0.5) is 15.8 Å². The van der Waals surface area contributed by atoms with Crippen molar-refractivity contribution in [1.29, 1.82) is 0 Å². The Morgan fingerprint density at radius 2 is 1.68 bits per heavy atom. The topological polar surface area (TPSA) is 57.7 Å². The molecule has 31 heavy (non-hydrogen) atoms. The second-order valence-electron chi connectivity index (χ2n) is 7.80. The zero-order chi connectivity index (χ0) is 22.2. The van der Waals surface area contributed by atoms with E-state index in [2.05, 4.69) is 0 Å². The summed E-state index contributed by atoms with van der Waals surface area (Å²) < 4.78 is 39.2. The van der Waals surface area contributed by atoms with Gasteiger partial charge in [0.15, 0.2) is 0 Å². The highest BCUT2D eigenvalue weighted by Crippen LogP contribution is 2.33. The summed E-state index contributed by atoms with van der Waals surface area (Å²) in [6.45, 7) is 2.09. The number of hydrogen-bond acceptors (Lipinski definition) is 3. The van der Waals surface area contributed by atoms with Crippen molar-refractivity contribution in [2.75, 3.05) is 15.5 Å². The van der Waals surface area contributed by atoms with E-state index in [1.54, 1.807) is 41.3 Å². The monoisotopic (exact) mass is 438 g/mol. The maximum absolute atomic E-state index is 13.2. The molecule has 0 saturated heterocycles. The van der Waals surface area contributed by atoms with Crippen LogP contribution in [-0.4, -0.2) is 26.6 Å². The lowest BCUT2D eigenvalue weighted by Crippen LogP contribution is -2.35. The average molecular weight is 439 g/mol. The first-order valence-electron chi connectivity index (χ1n) is 9.98. The lowest BCUT2D eigenvalue weighted by atomic mass is 10.1. The second-order valence-corrected chi connectivity index (χ2v) is 9.71. The molecule has 4 rings (SSSR count). The normalized spacial score (nSPS) is 15.6. The molecule has 0 spiro atoms. The third-order valence-corrected chi connectivity index (χ3v) is 6.61. The number of benzene rings is 3. The van der Waals surface area contributed by atoms with Crippen molar-refractivity contribution in [3.63, 3.8) is 0 Å². The molecule has 1 atom stereocenters. The zero-order valence-electron chi connectivity index (χ0n) is 17.3. The van der Waals surface area contributed by atoms with Crippen LogP contribution in [0.3, 0.4) is 0 Å². The standard InChI is InChI=1S/C24H23FN2O3S/c1-17-15-20-5-3-4-6-23(20)27(17)24(28)19-9-13-22(14-10-19)26(31(2,29)30)16-18-7-11-21(25)12-8-18/h3-14,17H,15-16H2,1-2H3/t17-/m1/s1. The highest BCUT2D eigenvalue weighted by atomic mass is 32.2. The summed E-state index contributed by atoms with van der Waals surface area (Å²) in [6.07, 6.45) is 1.93. The third kappa shape index (κ3) is 4.32. The molecule has 0 saturated carbocycles. The van der Waals surface area contributed by atoms with E-state index in [4.69, 9.17) is 0 Å². The predicted molar refractivity (Wildman–Crippen MR) is 120 cm³/mol. The Hall–Kier alpha value is -3.19. The molecule has 7 heteroatoms. The molecule has 3 aromatic carbocycles. The van der Waals surface area contributed by atoms with Crippen LogP contribution in [-0.2, 0) is 23.0 Å². The maximum Gasteiger partial charge on any atom is 0.258 e. The van der Waals surface area contributed by atoms with Gasteiger partial charge in [-0.1, -0.05) is 30.3 Å². The molecular weight excluding hydrogens is 415 g/mol. The number of carbonyl (C=O) groups is 1. The second kappa shape index (κ2) is 8.15. The number of amides is 1. The minimum absolute atomic E-state index is 0.0515. The molecule has 0 fully saturated rings. The van der Waals surface area contributed by atoms with Crippen LogP contribution in [0.25, 0.3) is 0 Å². The Bertz CT molecular complexity index is 1210. The molecule has 5 nitrogen and oxygen atoms in total. The smallest absolute Gasteiger partial charge is 0.258 e. The Morgan fingerprint density at radius 3 is 2.32 bits per heavy atom. The minimum Gasteiger partial charge on any atom is -0.305 e. The van der Waals surface area contributed by atoms with Gasteiger partial charge in [-0.3, -0.25) is 9.10 Å². The minimum atomic E-state index is -3.58. The molecule has 3 aromatic rings. The number of carbonyl (C=O) groups excluding carboxylic acids is 1. The van der Waals surface area contributed by atoms with E-state index in [0.29, 0.717) is 16.8 Å². The van der Waals surface area contributed by atoms with Crippen molar-refractivity contribution < 1.29 is 17.6 Å². The number of rotatable bonds is 5. The number of halogens is 1. The van der Waals surface area contributed by atoms with Gasteiger partial charge in [-0.25, -0.2) is 12.8 Å². The van der Waals surface area contributed by atoms with Gasteiger partial charge in [-0.05, 0) is 66.9 Å². The van der Waals surface area contributed by atoms with Crippen LogP contribution < -0.4 is 9.21 Å². The zero-order valence-corrected chi connectivity index (χ0v) is 18.1. The number of hydrogen-bond donors (Lipinski definition) is 0. The van der Waals surface area contributed by atoms with Crippen LogP contribution in [0.2, 0.25) is 0 Å². The molecule has 160 valence electrons. The Labute approximate surface area is 181 Å². The van der Waals surface area contributed by atoms with E-state index in [1.165, 1.54) is 16.4 Å². The fourth-order valence-electron chi connectivity index (χ4n) is 3.94. The molecule has 0 bridgehead atoms. The fourth-order valence-corrected chi connectivity index (χ4v) is 4.83. The van der Waals surface area contributed by atoms with Gasteiger partial charge in [0, 0.05) is 17.3 Å². The van der Waals surface area contributed by atoms with E-state index < -0.39 is 10.0 Å². The summed E-state index contributed by atoms with van der Waals surface area (Å²) in [7, 11) is -3.58. The molecule has 0 unspecified atom stereocenters. The van der Waals surface area contributed by atoms with E-state index in [1.807, 2.05) is 31.2 Å². The number of anilines is 2. The summed E-state index contributed by atoms with van der Waals surface area (Å²) in [6, 6.07) is 20.2. The van der Waals surface area contributed by atoms with Crippen molar-refractivity contribution in [3.8, 4) is 0 Å². The van der Waals surface area contributed by atoms with E-state index in [9.17, 15) is 17.6 Å². The van der Waals surface area contributed by atoms with Crippen LogP contribution in [0, 0.1) is 5.82 Å². The molecule has 0 aromatic heterocycles. The Balaban J connectivity index is 1.60. The first-order valence-corrected chi connectivity index (χ1v) is 11.8. The quantitative estimate of drug-likeness (QED) is 0.594. The molecule has 0 aliphatic carbocycles. The van der Waals surface area contributed by atoms with Crippen molar-refractivity contribution >= 4 is 27.3 Å². The van der Waals surface area contributed by atoms with Crippen molar-refractivity contribution in [2.24, 2.45) is 0 Å². The summed E-state index contributed by atoms with van der Waals surface area (Å²) in [5, 5.41) is 0. The van der Waals surface area contributed by atoms with Crippen LogP contribution in [0.15, 0.2) is 72.8 Å². The van der Waals surface area contributed by atoms with Crippen LogP contribution in [0.5, 0.6) is 0 Å². The van der Waals surface area contributed by atoms with Gasteiger partial charge in [-0.2, -0.15) is 0 Å². The molecule has 0 N–H and O–H groups in total. The number of para-hydroxylation sites is 1. The summed E-state index contributed by atoms with van der Waals surface area (Å²) in [4.78, 5) is 15.0. The molecule has 1 heterocycles. The Morgan fingerprint density at radius 1 is 1.03 bits per heavy atom. The van der Waals surface area contributed by atoms with Crippen LogP contribution in [0.1, 0.15) is 28.4 Å². The summed E-state index contributed by atoms with van der Waals surface area (Å²) in [5.41, 5.74) is 3.65. The van der Waals surface area contributed by atoms with Gasteiger partial charge in [0.25, 0.3) is 5.91 Å². The SMILES string of the molecule is C[C@@H]1Cc2ccccc2N1C(=O)c1ccc(N(Cc2ccc(F)cc2)S(C)(=O)=O)cc1. The van der Waals surface area contributed by atoms with E-state index in [-0.39, 0.29) is 24.3 Å². The number of fused-ring (bicyclic) bond motifs is 1. The number of nitrogens with zero attached hydrogens (tertiary/aromatic N) is 2. The van der Waals surface area contributed by atoms with Crippen molar-refractivity contribution in [2.45, 2.75) is 25.9 Å². The highest BCUT2D eigenvalue weighted by molar-refractivity contribution is 7.92. The van der Waals surface area contributed by atoms with Gasteiger partial charge < -0.3 is 4.90 Å². The van der Waals surface area contributed by atoms with Gasteiger partial charge in [0.1, 0.15) is 5.82 Å². The predicted octanol–water partition coefficient (Wildman–Crippen LogP) is 4.38. The van der Waals surface area contributed by atoms with Gasteiger partial charge >= 0.3 is 0 Å². The Kier molecular flexibility index (Phi) is 5.54. The van der Waals surface area contributed by atoms with Gasteiger partial charge in [0.2, 0.25) is 10.0 Å². The highest BCUT2D eigenvalue weighted by Gasteiger charge is 2.31. The molecular formula is C24H23FN2O3S. The largest absolute Gasteiger partial charge is 0.305 e. The molecule has 1 aliphatic rings. The maximum atomic E-state index is 13.2. The fraction of sp³-hybridized carbons (Fsp3) is 0.208. The lowest BCUT2D eigenvalue weighted by Gasteiger charge is -2.24. The van der Waals surface area contributed by atoms with E-state index >= 15 is 0 Å². The summed E-state index contributed by atoms with van der Waals surface area (Å²) in [5.74, 6) is -0.497. The molecule has 1 amide bonds. The van der Waals surface area contributed by atoms with Gasteiger partial charge in [-0.15, -0.1) is 0 Å². The third-order valence-electron chi connectivity index (χ3n) is 5.47. The number of sulfonamides is 1. The van der Waals surface area contributed by atoms with Gasteiger partial charge in [0.05, 0.1) is 18.5 Å². The summed E-state index contributed by atoms with van der Waals surface area (Å²) >= 11 is 0. The average Bonchev–Trinajstić information content (AvgIpc) is 3.08. The van der Waals surface area contributed by atoms with E-state index in [0.717, 1.165) is 23.9 Å².